The van der Waals surface area contributed by atoms with Crippen LogP contribution in [-0.4, -0.2) is 61.1 Å². The van der Waals surface area contributed by atoms with E-state index >= 15 is 0 Å². The van der Waals surface area contributed by atoms with Crippen LogP contribution in [0.2, 0.25) is 0 Å². The van der Waals surface area contributed by atoms with Crippen LogP contribution in [-0.2, 0) is 0 Å². The summed E-state index contributed by atoms with van der Waals surface area (Å²) in [7, 11) is 1.57. The molecule has 1 heterocycles. The summed E-state index contributed by atoms with van der Waals surface area (Å²) in [5.41, 5.74) is 1.59. The van der Waals surface area contributed by atoms with E-state index < -0.39 is 0 Å². The Morgan fingerprint density at radius 1 is 1.13 bits per heavy atom. The molecule has 0 aliphatic carbocycles. The third kappa shape index (κ3) is 4.15. The Bertz CT molecular complexity index is 578. The van der Waals surface area contributed by atoms with Gasteiger partial charge in [0.1, 0.15) is 5.75 Å². The minimum absolute atomic E-state index is 0.0468. The number of nitrogens with one attached hydrogen (secondary N) is 1. The third-order valence-corrected chi connectivity index (χ3v) is 3.85. The summed E-state index contributed by atoms with van der Waals surface area (Å²) in [4.78, 5) is 28.2. The van der Waals surface area contributed by atoms with Gasteiger partial charge in [0.15, 0.2) is 0 Å². The maximum absolute atomic E-state index is 12.7. The van der Waals surface area contributed by atoms with Crippen LogP contribution in [0.3, 0.4) is 0 Å². The lowest BCUT2D eigenvalue weighted by molar-refractivity contribution is 0.0660. The molecule has 6 nitrogen and oxygen atoms in total. The molecule has 1 N–H and O–H groups in total. The summed E-state index contributed by atoms with van der Waals surface area (Å²) in [6.45, 7) is 7.95. The number of hydrogen-bond donors (Lipinski definition) is 1. The van der Waals surface area contributed by atoms with Gasteiger partial charge in [-0.15, -0.1) is 0 Å². The molecule has 3 amide bonds. The van der Waals surface area contributed by atoms with Crippen molar-refractivity contribution in [1.29, 1.82) is 0 Å². The van der Waals surface area contributed by atoms with Crippen LogP contribution in [0.25, 0.3) is 0 Å². The van der Waals surface area contributed by atoms with Gasteiger partial charge in [-0.05, 0) is 32.9 Å². The molecule has 1 aromatic rings. The first-order valence-corrected chi connectivity index (χ1v) is 7.91. The van der Waals surface area contributed by atoms with Gasteiger partial charge in [-0.25, -0.2) is 4.79 Å². The summed E-state index contributed by atoms with van der Waals surface area (Å²) in [6, 6.07) is 5.62. The third-order valence-electron chi connectivity index (χ3n) is 3.85. The predicted octanol–water partition coefficient (Wildman–Crippen LogP) is 1.88. The maximum atomic E-state index is 12.7. The molecule has 1 aliphatic rings. The van der Waals surface area contributed by atoms with E-state index in [4.69, 9.17) is 4.74 Å². The lowest BCUT2D eigenvalue weighted by Gasteiger charge is -2.35. The quantitative estimate of drug-likeness (QED) is 0.925. The molecule has 126 valence electrons. The number of amides is 3. The molecular formula is C17H25N3O3. The Labute approximate surface area is 137 Å². The molecular weight excluding hydrogens is 294 g/mol. The average Bonchev–Trinajstić information content (AvgIpc) is 2.53. The van der Waals surface area contributed by atoms with Gasteiger partial charge in [-0.3, -0.25) is 4.79 Å². The Hall–Kier alpha value is -2.24. The molecule has 1 aromatic carbocycles. The molecule has 0 radical (unpaired) electrons. The van der Waals surface area contributed by atoms with E-state index in [9.17, 15) is 9.59 Å². The minimum Gasteiger partial charge on any atom is -0.496 e. The normalized spacial score (nSPS) is 14.8. The van der Waals surface area contributed by atoms with E-state index in [0.29, 0.717) is 37.5 Å². The Balaban J connectivity index is 2.01. The smallest absolute Gasteiger partial charge is 0.317 e. The fraction of sp³-hybridized carbons (Fsp3) is 0.529. The highest BCUT2D eigenvalue weighted by Gasteiger charge is 2.26. The predicted molar refractivity (Wildman–Crippen MR) is 88.9 cm³/mol. The van der Waals surface area contributed by atoms with Crippen molar-refractivity contribution in [3.05, 3.63) is 29.3 Å². The highest BCUT2D eigenvalue weighted by molar-refractivity contribution is 5.97. The SMILES string of the molecule is COc1ccc(C)cc1C(=O)N1CCN(C(=O)NC(C)C)CC1. The number of carbonyl (C=O) groups is 2. The number of nitrogens with zero attached hydrogens (tertiary/aromatic N) is 2. The Morgan fingerprint density at radius 2 is 1.74 bits per heavy atom. The zero-order chi connectivity index (χ0) is 17.0. The Kier molecular flexibility index (Phi) is 5.47. The molecule has 23 heavy (non-hydrogen) atoms. The van der Waals surface area contributed by atoms with Crippen molar-refractivity contribution in [2.45, 2.75) is 26.8 Å². The standard InChI is InChI=1S/C17H25N3O3/c1-12(2)18-17(22)20-9-7-19(8-10-20)16(21)14-11-13(3)5-6-15(14)23-4/h5-6,11-12H,7-10H2,1-4H3,(H,18,22). The van der Waals surface area contributed by atoms with Gasteiger partial charge in [0.25, 0.3) is 5.91 Å². The monoisotopic (exact) mass is 319 g/mol. The summed E-state index contributed by atoms with van der Waals surface area (Å²) in [6.07, 6.45) is 0. The van der Waals surface area contributed by atoms with Gasteiger partial charge < -0.3 is 19.9 Å². The molecule has 0 atom stereocenters. The summed E-state index contributed by atoms with van der Waals surface area (Å²) < 4.78 is 5.29. The lowest BCUT2D eigenvalue weighted by Crippen LogP contribution is -2.54. The van der Waals surface area contributed by atoms with Crippen molar-refractivity contribution in [3.8, 4) is 5.75 Å². The van der Waals surface area contributed by atoms with E-state index in [1.54, 1.807) is 16.9 Å². The van der Waals surface area contributed by atoms with Gasteiger partial charge in [-0.2, -0.15) is 0 Å². The van der Waals surface area contributed by atoms with Gasteiger partial charge in [-0.1, -0.05) is 11.6 Å². The second-order valence-electron chi connectivity index (χ2n) is 6.09. The highest BCUT2D eigenvalue weighted by atomic mass is 16.5. The van der Waals surface area contributed by atoms with Crippen LogP contribution in [0.1, 0.15) is 29.8 Å². The van der Waals surface area contributed by atoms with Crippen molar-refractivity contribution in [2.75, 3.05) is 33.3 Å². The van der Waals surface area contributed by atoms with Gasteiger partial charge in [0.05, 0.1) is 12.7 Å². The number of urea groups is 1. The average molecular weight is 319 g/mol. The number of piperazine rings is 1. The van der Waals surface area contributed by atoms with E-state index in [1.165, 1.54) is 0 Å². The van der Waals surface area contributed by atoms with Gasteiger partial charge >= 0.3 is 6.03 Å². The number of methoxy groups -OCH3 is 1. The molecule has 1 fully saturated rings. The number of benzene rings is 1. The van der Waals surface area contributed by atoms with Crippen LogP contribution in [0.4, 0.5) is 4.79 Å². The second kappa shape index (κ2) is 7.35. The fourth-order valence-electron chi connectivity index (χ4n) is 2.61. The number of aryl methyl sites for hydroxylation is 1. The van der Waals surface area contributed by atoms with E-state index in [2.05, 4.69) is 5.32 Å². The van der Waals surface area contributed by atoms with Crippen LogP contribution in [0, 0.1) is 6.92 Å². The largest absolute Gasteiger partial charge is 0.496 e. The summed E-state index contributed by atoms with van der Waals surface area (Å²) in [5.74, 6) is 0.537. The molecule has 0 unspecified atom stereocenters. The first-order chi connectivity index (χ1) is 10.9. The van der Waals surface area contributed by atoms with Crippen LogP contribution >= 0.6 is 0 Å². The number of ether oxygens (including phenoxy) is 1. The zero-order valence-corrected chi connectivity index (χ0v) is 14.3. The fourth-order valence-corrected chi connectivity index (χ4v) is 2.61. The second-order valence-corrected chi connectivity index (χ2v) is 6.09. The Morgan fingerprint density at radius 3 is 2.30 bits per heavy atom. The van der Waals surface area contributed by atoms with Gasteiger partial charge in [0.2, 0.25) is 0 Å². The molecule has 6 heteroatoms. The number of rotatable bonds is 3. The molecule has 2 rings (SSSR count). The number of hydrogen-bond acceptors (Lipinski definition) is 3. The molecule has 0 aromatic heterocycles. The van der Waals surface area contributed by atoms with Crippen molar-refractivity contribution < 1.29 is 14.3 Å². The first kappa shape index (κ1) is 17.1. The van der Waals surface area contributed by atoms with Crippen LogP contribution < -0.4 is 10.1 Å². The molecule has 1 saturated heterocycles. The summed E-state index contributed by atoms with van der Waals surface area (Å²) >= 11 is 0. The van der Waals surface area contributed by atoms with Crippen molar-refractivity contribution in [3.63, 3.8) is 0 Å². The zero-order valence-electron chi connectivity index (χ0n) is 14.3. The van der Waals surface area contributed by atoms with E-state index in [-0.39, 0.29) is 18.0 Å². The van der Waals surface area contributed by atoms with Crippen molar-refractivity contribution in [1.82, 2.24) is 15.1 Å². The minimum atomic E-state index is -0.0692. The molecule has 1 aliphatic heterocycles. The van der Waals surface area contributed by atoms with E-state index in [0.717, 1.165) is 5.56 Å². The van der Waals surface area contributed by atoms with Gasteiger partial charge in [0, 0.05) is 32.2 Å². The highest BCUT2D eigenvalue weighted by Crippen LogP contribution is 2.22. The molecule has 0 spiro atoms. The summed E-state index contributed by atoms with van der Waals surface area (Å²) in [5, 5.41) is 2.88. The topological polar surface area (TPSA) is 61.9 Å². The van der Waals surface area contributed by atoms with Crippen LogP contribution in [0.5, 0.6) is 5.75 Å². The maximum Gasteiger partial charge on any atom is 0.317 e. The first-order valence-electron chi connectivity index (χ1n) is 7.91. The van der Waals surface area contributed by atoms with Crippen LogP contribution in [0.15, 0.2) is 18.2 Å². The molecule has 0 saturated carbocycles. The molecule has 0 bridgehead atoms. The lowest BCUT2D eigenvalue weighted by atomic mass is 10.1. The van der Waals surface area contributed by atoms with Crippen molar-refractivity contribution >= 4 is 11.9 Å². The van der Waals surface area contributed by atoms with Crippen molar-refractivity contribution in [2.24, 2.45) is 0 Å². The number of carbonyl (C=O) groups excluding carboxylic acids is 2. The van der Waals surface area contributed by atoms with E-state index in [1.807, 2.05) is 39.0 Å².